The number of hydrogen-bond donors (Lipinski definition) is 0. The van der Waals surface area contributed by atoms with Gasteiger partial charge >= 0.3 is 0 Å². The Balaban J connectivity index is 1.76. The molecule has 1 atom stereocenters. The average molecular weight is 298 g/mol. The van der Waals surface area contributed by atoms with Crippen molar-refractivity contribution in [3.63, 3.8) is 0 Å². The molecule has 0 bridgehead atoms. The van der Waals surface area contributed by atoms with Crippen molar-refractivity contribution in [2.24, 2.45) is 0 Å². The largest absolute Gasteiger partial charge is 0.292 e. The van der Waals surface area contributed by atoms with Crippen LogP contribution in [0.25, 0.3) is 0 Å². The Morgan fingerprint density at radius 3 is 2.41 bits per heavy atom. The monoisotopic (exact) mass is 298 g/mol. The zero-order valence-electron chi connectivity index (χ0n) is 12.0. The molecular weight excluding hydrogens is 282 g/mol. The van der Waals surface area contributed by atoms with Crippen LogP contribution in [0.15, 0.2) is 54.6 Å². The molecule has 0 saturated carbocycles. The van der Waals surface area contributed by atoms with Gasteiger partial charge in [0.1, 0.15) is 0 Å². The Morgan fingerprint density at radius 2 is 1.77 bits per heavy atom. The second kappa shape index (κ2) is 5.86. The highest BCUT2D eigenvalue weighted by Gasteiger charge is 2.48. The fraction of sp³-hybridized carbons (Fsp3) is 0.278. The highest BCUT2D eigenvalue weighted by molar-refractivity contribution is 5.34. The summed E-state index contributed by atoms with van der Waals surface area (Å²) >= 11 is 0. The minimum absolute atomic E-state index is 0.230. The third-order valence-corrected chi connectivity index (χ3v) is 4.08. The molecule has 1 fully saturated rings. The first-order valence-electron chi connectivity index (χ1n) is 7.23. The van der Waals surface area contributed by atoms with E-state index in [0.717, 1.165) is 5.56 Å². The molecule has 1 aliphatic heterocycles. The standard InChI is InChI=1S/C18H16F2N2/c19-18(20)13-22(11-15-4-2-1-3-5-15)12-17(18)16-8-6-14(10-21)7-9-16/h1-9,17H,11-13H2. The quantitative estimate of drug-likeness (QED) is 0.862. The van der Waals surface area contributed by atoms with Crippen LogP contribution in [0.2, 0.25) is 0 Å². The van der Waals surface area contributed by atoms with Gasteiger partial charge in [0.05, 0.1) is 24.1 Å². The van der Waals surface area contributed by atoms with Gasteiger partial charge in [-0.05, 0) is 23.3 Å². The van der Waals surface area contributed by atoms with E-state index < -0.39 is 11.8 Å². The third-order valence-electron chi connectivity index (χ3n) is 4.08. The maximum atomic E-state index is 14.3. The van der Waals surface area contributed by atoms with Gasteiger partial charge in [-0.1, -0.05) is 42.5 Å². The van der Waals surface area contributed by atoms with E-state index in [2.05, 4.69) is 0 Å². The number of nitrogens with zero attached hydrogens (tertiary/aromatic N) is 2. The van der Waals surface area contributed by atoms with Crippen molar-refractivity contribution in [1.29, 1.82) is 5.26 Å². The molecule has 1 unspecified atom stereocenters. The summed E-state index contributed by atoms with van der Waals surface area (Å²) in [7, 11) is 0. The van der Waals surface area contributed by atoms with E-state index in [4.69, 9.17) is 5.26 Å². The first-order chi connectivity index (χ1) is 10.6. The van der Waals surface area contributed by atoms with Crippen LogP contribution in [0, 0.1) is 11.3 Å². The lowest BCUT2D eigenvalue weighted by Gasteiger charge is -2.17. The van der Waals surface area contributed by atoms with Crippen LogP contribution >= 0.6 is 0 Å². The van der Waals surface area contributed by atoms with Crippen LogP contribution in [0.4, 0.5) is 8.78 Å². The van der Waals surface area contributed by atoms with Crippen molar-refractivity contribution in [3.05, 3.63) is 71.3 Å². The zero-order chi connectivity index (χ0) is 15.6. The first kappa shape index (κ1) is 14.7. The summed E-state index contributed by atoms with van der Waals surface area (Å²) in [6.45, 7) is 0.629. The lowest BCUT2D eigenvalue weighted by molar-refractivity contribution is -0.00345. The minimum Gasteiger partial charge on any atom is -0.292 e. The summed E-state index contributed by atoms with van der Waals surface area (Å²) in [6, 6.07) is 18.2. The van der Waals surface area contributed by atoms with Gasteiger partial charge in [-0.2, -0.15) is 5.26 Å². The first-order valence-corrected chi connectivity index (χ1v) is 7.23. The maximum Gasteiger partial charge on any atom is 0.268 e. The van der Waals surface area contributed by atoms with Gasteiger partial charge in [0.2, 0.25) is 0 Å². The van der Waals surface area contributed by atoms with Gasteiger partial charge in [0, 0.05) is 13.1 Å². The van der Waals surface area contributed by atoms with Crippen molar-refractivity contribution >= 4 is 0 Å². The number of halogens is 2. The number of rotatable bonds is 3. The molecule has 0 aliphatic carbocycles. The van der Waals surface area contributed by atoms with E-state index >= 15 is 0 Å². The van der Waals surface area contributed by atoms with Crippen molar-refractivity contribution in [2.75, 3.05) is 13.1 Å². The van der Waals surface area contributed by atoms with Gasteiger partial charge in [-0.25, -0.2) is 8.78 Å². The van der Waals surface area contributed by atoms with Crippen LogP contribution in [0.1, 0.15) is 22.6 Å². The SMILES string of the molecule is N#Cc1ccc(C2CN(Cc3ccccc3)CC2(F)F)cc1. The second-order valence-electron chi connectivity index (χ2n) is 5.70. The smallest absolute Gasteiger partial charge is 0.268 e. The van der Waals surface area contributed by atoms with E-state index in [1.165, 1.54) is 0 Å². The van der Waals surface area contributed by atoms with E-state index in [9.17, 15) is 8.78 Å². The Kier molecular flexibility index (Phi) is 3.91. The molecule has 3 rings (SSSR count). The summed E-state index contributed by atoms with van der Waals surface area (Å²) in [4.78, 5) is 1.79. The molecule has 0 aromatic heterocycles. The molecule has 0 amide bonds. The van der Waals surface area contributed by atoms with Gasteiger partial charge in [0.15, 0.2) is 0 Å². The zero-order valence-corrected chi connectivity index (χ0v) is 12.0. The highest BCUT2D eigenvalue weighted by Crippen LogP contribution is 2.40. The molecule has 1 heterocycles. The summed E-state index contributed by atoms with van der Waals surface area (Å²) in [5.41, 5.74) is 2.13. The molecule has 1 saturated heterocycles. The van der Waals surface area contributed by atoms with Gasteiger partial charge in [0.25, 0.3) is 5.92 Å². The number of hydrogen-bond acceptors (Lipinski definition) is 2. The van der Waals surface area contributed by atoms with Crippen molar-refractivity contribution in [2.45, 2.75) is 18.4 Å². The van der Waals surface area contributed by atoms with Gasteiger partial charge in [-0.15, -0.1) is 0 Å². The molecule has 1 aliphatic rings. The van der Waals surface area contributed by atoms with Crippen molar-refractivity contribution < 1.29 is 8.78 Å². The van der Waals surface area contributed by atoms with E-state index in [1.54, 1.807) is 29.2 Å². The van der Waals surface area contributed by atoms with E-state index in [-0.39, 0.29) is 6.54 Å². The van der Waals surface area contributed by atoms with Gasteiger partial charge < -0.3 is 0 Å². The normalized spacial score (nSPS) is 20.7. The molecule has 4 heteroatoms. The van der Waals surface area contributed by atoms with Crippen LogP contribution in [0.3, 0.4) is 0 Å². The van der Waals surface area contributed by atoms with Crippen LogP contribution in [-0.2, 0) is 6.54 Å². The molecule has 0 N–H and O–H groups in total. The van der Waals surface area contributed by atoms with Crippen LogP contribution < -0.4 is 0 Å². The van der Waals surface area contributed by atoms with Crippen molar-refractivity contribution in [1.82, 2.24) is 4.90 Å². The second-order valence-corrected chi connectivity index (χ2v) is 5.70. The summed E-state index contributed by atoms with van der Waals surface area (Å²) in [6.07, 6.45) is 0. The number of nitriles is 1. The predicted molar refractivity (Wildman–Crippen MR) is 80.6 cm³/mol. The van der Waals surface area contributed by atoms with Gasteiger partial charge in [-0.3, -0.25) is 4.90 Å². The van der Waals surface area contributed by atoms with Crippen molar-refractivity contribution in [3.8, 4) is 6.07 Å². The summed E-state index contributed by atoms with van der Waals surface area (Å²) < 4.78 is 28.6. The molecular formula is C18H16F2N2. The minimum atomic E-state index is -2.75. The molecule has 0 radical (unpaired) electrons. The third kappa shape index (κ3) is 3.00. The number of likely N-dealkylation sites (tertiary alicyclic amines) is 1. The van der Waals surface area contributed by atoms with Crippen LogP contribution in [-0.4, -0.2) is 23.9 Å². The van der Waals surface area contributed by atoms with E-state index in [0.29, 0.717) is 24.2 Å². The Hall–Kier alpha value is -2.25. The lowest BCUT2D eigenvalue weighted by Crippen LogP contribution is -2.26. The molecule has 22 heavy (non-hydrogen) atoms. The Bertz CT molecular complexity index is 674. The topological polar surface area (TPSA) is 27.0 Å². The lowest BCUT2D eigenvalue weighted by atomic mass is 9.95. The Labute approximate surface area is 128 Å². The molecule has 2 aromatic rings. The summed E-state index contributed by atoms with van der Waals surface area (Å²) in [5, 5.41) is 8.80. The Morgan fingerprint density at radius 1 is 1.09 bits per heavy atom. The number of benzene rings is 2. The fourth-order valence-corrected chi connectivity index (χ4v) is 2.97. The number of alkyl halides is 2. The van der Waals surface area contributed by atoms with Crippen LogP contribution in [0.5, 0.6) is 0 Å². The van der Waals surface area contributed by atoms with E-state index in [1.807, 2.05) is 36.4 Å². The molecule has 2 nitrogen and oxygen atoms in total. The average Bonchev–Trinajstić information content (AvgIpc) is 2.82. The highest BCUT2D eigenvalue weighted by atomic mass is 19.3. The fourth-order valence-electron chi connectivity index (χ4n) is 2.97. The predicted octanol–water partition coefficient (Wildman–Crippen LogP) is 3.79. The summed E-state index contributed by atoms with van der Waals surface area (Å²) in [5.74, 6) is -3.56. The molecule has 2 aromatic carbocycles. The molecule has 112 valence electrons. The molecule has 0 spiro atoms. The maximum absolute atomic E-state index is 14.3.